The number of rotatable bonds is 6. The van der Waals surface area contributed by atoms with Gasteiger partial charge in [-0.3, -0.25) is 14.5 Å². The smallest absolute Gasteiger partial charge is 0.267 e. The third kappa shape index (κ3) is 3.69. The summed E-state index contributed by atoms with van der Waals surface area (Å²) in [7, 11) is 0. The van der Waals surface area contributed by atoms with Crippen molar-refractivity contribution in [2.24, 2.45) is 0 Å². The second-order valence-electron chi connectivity index (χ2n) is 6.29. The van der Waals surface area contributed by atoms with Crippen molar-refractivity contribution in [3.8, 4) is 0 Å². The number of hydrogen-bond acceptors (Lipinski definition) is 3. The van der Waals surface area contributed by atoms with Crippen molar-refractivity contribution >= 4 is 29.1 Å². The number of nitrogens with zero attached hydrogens (tertiary/aromatic N) is 1. The fraction of sp³-hybridized carbons (Fsp3) is 0.474. The number of hydrogen-bond donors (Lipinski definition) is 0. The van der Waals surface area contributed by atoms with E-state index >= 15 is 0 Å². The van der Waals surface area contributed by atoms with Gasteiger partial charge in [-0.15, -0.1) is 11.8 Å². The summed E-state index contributed by atoms with van der Waals surface area (Å²) in [6, 6.07) is 5.98. The lowest BCUT2D eigenvalue weighted by molar-refractivity contribution is -0.136. The highest BCUT2D eigenvalue weighted by Gasteiger charge is 2.39. The van der Waals surface area contributed by atoms with Crippen molar-refractivity contribution < 1.29 is 9.59 Å². The third-order valence-electron chi connectivity index (χ3n) is 4.01. The summed E-state index contributed by atoms with van der Waals surface area (Å²) in [5.41, 5.74) is 3.75. The van der Waals surface area contributed by atoms with Gasteiger partial charge in [-0.05, 0) is 37.0 Å². The van der Waals surface area contributed by atoms with Gasteiger partial charge in [0.2, 0.25) is 0 Å². The molecule has 124 valence electrons. The molecule has 0 aromatic heterocycles. The molecule has 0 radical (unpaired) electrons. The van der Waals surface area contributed by atoms with Crippen LogP contribution in [0.25, 0.3) is 5.57 Å². The van der Waals surface area contributed by atoms with Crippen LogP contribution in [0.2, 0.25) is 0 Å². The van der Waals surface area contributed by atoms with Crippen molar-refractivity contribution in [2.75, 3.05) is 6.54 Å². The molecular weight excluding hydrogens is 306 g/mol. The van der Waals surface area contributed by atoms with Gasteiger partial charge in [0, 0.05) is 11.8 Å². The highest BCUT2D eigenvalue weighted by Crippen LogP contribution is 2.38. The van der Waals surface area contributed by atoms with Crippen LogP contribution in [-0.4, -0.2) is 28.5 Å². The zero-order valence-corrected chi connectivity index (χ0v) is 15.4. The van der Waals surface area contributed by atoms with Gasteiger partial charge >= 0.3 is 0 Å². The maximum Gasteiger partial charge on any atom is 0.267 e. The molecule has 0 N–H and O–H groups in total. The topological polar surface area (TPSA) is 37.4 Å². The van der Waals surface area contributed by atoms with Crippen LogP contribution in [0.5, 0.6) is 0 Å². The van der Waals surface area contributed by atoms with Crippen molar-refractivity contribution in [1.29, 1.82) is 0 Å². The van der Waals surface area contributed by atoms with E-state index in [1.807, 2.05) is 45.9 Å². The molecule has 1 aromatic carbocycles. The van der Waals surface area contributed by atoms with Gasteiger partial charge in [-0.25, -0.2) is 0 Å². The number of carbonyl (C=O) groups is 2. The Morgan fingerprint density at radius 1 is 1.09 bits per heavy atom. The molecule has 0 spiro atoms. The Morgan fingerprint density at radius 2 is 1.78 bits per heavy atom. The Morgan fingerprint density at radius 3 is 2.35 bits per heavy atom. The van der Waals surface area contributed by atoms with Crippen molar-refractivity contribution in [3.05, 3.63) is 39.8 Å². The van der Waals surface area contributed by atoms with Gasteiger partial charge in [0.05, 0.1) is 10.5 Å². The van der Waals surface area contributed by atoms with Crippen LogP contribution in [0, 0.1) is 13.8 Å². The number of unbranched alkanes of at least 4 members (excludes halogenated alkanes) is 1. The maximum atomic E-state index is 12.8. The molecule has 1 heterocycles. The summed E-state index contributed by atoms with van der Waals surface area (Å²) < 4.78 is 0. The first kappa shape index (κ1) is 17.8. The van der Waals surface area contributed by atoms with E-state index in [-0.39, 0.29) is 17.1 Å². The summed E-state index contributed by atoms with van der Waals surface area (Å²) in [5.74, 6) is -0.273. The van der Waals surface area contributed by atoms with Crippen LogP contribution < -0.4 is 0 Å². The summed E-state index contributed by atoms with van der Waals surface area (Å²) in [6.45, 7) is 10.7. The highest BCUT2D eigenvalue weighted by atomic mass is 32.2. The first-order chi connectivity index (χ1) is 10.9. The summed E-state index contributed by atoms with van der Waals surface area (Å²) >= 11 is 1.49. The quantitative estimate of drug-likeness (QED) is 0.728. The van der Waals surface area contributed by atoms with E-state index in [1.54, 1.807) is 0 Å². The van der Waals surface area contributed by atoms with Gasteiger partial charge in [-0.1, -0.05) is 45.4 Å². The zero-order chi connectivity index (χ0) is 17.1. The second-order valence-corrected chi connectivity index (χ2v) is 7.87. The molecule has 0 aliphatic carbocycles. The van der Waals surface area contributed by atoms with Crippen molar-refractivity contribution in [1.82, 2.24) is 4.90 Å². The van der Waals surface area contributed by atoms with Gasteiger partial charge in [0.15, 0.2) is 0 Å². The molecular formula is C19H25NO2S. The fourth-order valence-corrected chi connectivity index (χ4v) is 3.58. The number of carbonyl (C=O) groups excluding carboxylic acids is 2. The lowest BCUT2D eigenvalue weighted by atomic mass is 10.0. The number of aryl methyl sites for hydroxylation is 2. The third-order valence-corrected chi connectivity index (χ3v) is 5.10. The molecule has 2 rings (SSSR count). The average Bonchev–Trinajstić information content (AvgIpc) is 2.71. The first-order valence-electron chi connectivity index (χ1n) is 8.21. The lowest BCUT2D eigenvalue weighted by Gasteiger charge is -2.14. The van der Waals surface area contributed by atoms with Gasteiger partial charge in [0.1, 0.15) is 0 Å². The van der Waals surface area contributed by atoms with E-state index in [2.05, 4.69) is 6.92 Å². The largest absolute Gasteiger partial charge is 0.274 e. The number of benzene rings is 1. The first-order valence-corrected chi connectivity index (χ1v) is 9.09. The summed E-state index contributed by atoms with van der Waals surface area (Å²) in [6.07, 6.45) is 1.81. The van der Waals surface area contributed by atoms with E-state index in [4.69, 9.17) is 0 Å². The number of thioether (sulfide) groups is 1. The van der Waals surface area contributed by atoms with E-state index in [0.717, 1.165) is 24.0 Å². The summed E-state index contributed by atoms with van der Waals surface area (Å²) in [5, 5.41) is 0.259. The molecule has 4 heteroatoms. The number of amides is 2. The maximum absolute atomic E-state index is 12.8. The van der Waals surface area contributed by atoms with Crippen LogP contribution in [0.4, 0.5) is 0 Å². The van der Waals surface area contributed by atoms with E-state index in [1.165, 1.54) is 22.2 Å². The minimum absolute atomic E-state index is 0.129. The minimum Gasteiger partial charge on any atom is -0.274 e. The molecule has 0 saturated carbocycles. The standard InChI is InChI=1S/C19H25NO2S/c1-6-7-10-20-18(21)16(17(19(20)22)23-12(2)3)15-9-8-13(4)14(5)11-15/h8-9,11-12H,6-7,10H2,1-5H3. The normalized spacial score (nSPS) is 15.3. The van der Waals surface area contributed by atoms with Gasteiger partial charge < -0.3 is 0 Å². The Balaban J connectivity index is 2.48. The van der Waals surface area contributed by atoms with Gasteiger partial charge in [-0.2, -0.15) is 0 Å². The molecule has 0 saturated heterocycles. The predicted molar refractivity (Wildman–Crippen MR) is 97.2 cm³/mol. The van der Waals surface area contributed by atoms with E-state index in [9.17, 15) is 9.59 Å². The predicted octanol–water partition coefficient (Wildman–Crippen LogP) is 4.33. The van der Waals surface area contributed by atoms with Crippen LogP contribution in [0.3, 0.4) is 0 Å². The Labute approximate surface area is 143 Å². The van der Waals surface area contributed by atoms with Crippen LogP contribution >= 0.6 is 11.8 Å². The SMILES string of the molecule is CCCCN1C(=O)C(SC(C)C)=C(c2ccc(C)c(C)c2)C1=O. The Kier molecular flexibility index (Phi) is 5.69. The van der Waals surface area contributed by atoms with Crippen LogP contribution in [-0.2, 0) is 9.59 Å². The molecule has 2 amide bonds. The molecule has 0 bridgehead atoms. The van der Waals surface area contributed by atoms with Crippen molar-refractivity contribution in [3.63, 3.8) is 0 Å². The molecule has 3 nitrogen and oxygen atoms in total. The molecule has 0 atom stereocenters. The van der Waals surface area contributed by atoms with Crippen molar-refractivity contribution in [2.45, 2.75) is 52.7 Å². The monoisotopic (exact) mass is 331 g/mol. The van der Waals surface area contributed by atoms with E-state index in [0.29, 0.717) is 17.0 Å². The number of imide groups is 1. The Hall–Kier alpha value is -1.55. The molecule has 1 aromatic rings. The average molecular weight is 331 g/mol. The Bertz CT molecular complexity index is 661. The second kappa shape index (κ2) is 7.35. The summed E-state index contributed by atoms with van der Waals surface area (Å²) in [4.78, 5) is 27.6. The lowest BCUT2D eigenvalue weighted by Crippen LogP contribution is -2.32. The molecule has 23 heavy (non-hydrogen) atoms. The zero-order valence-electron chi connectivity index (χ0n) is 14.6. The fourth-order valence-electron chi connectivity index (χ4n) is 2.57. The molecule has 1 aliphatic rings. The van der Waals surface area contributed by atoms with Gasteiger partial charge in [0.25, 0.3) is 11.8 Å². The molecule has 0 fully saturated rings. The van der Waals surface area contributed by atoms with Crippen LogP contribution in [0.1, 0.15) is 50.3 Å². The minimum atomic E-state index is -0.144. The molecule has 0 unspecified atom stereocenters. The highest BCUT2D eigenvalue weighted by molar-refractivity contribution is 8.04. The van der Waals surface area contributed by atoms with Crippen LogP contribution in [0.15, 0.2) is 23.1 Å². The van der Waals surface area contributed by atoms with E-state index < -0.39 is 0 Å². The molecule has 1 aliphatic heterocycles.